The molecule has 0 radical (unpaired) electrons. The van der Waals surface area contributed by atoms with Crippen molar-refractivity contribution in [3.63, 3.8) is 0 Å². The fourth-order valence-corrected chi connectivity index (χ4v) is 4.28. The molecule has 0 fully saturated rings. The van der Waals surface area contributed by atoms with Gasteiger partial charge < -0.3 is 10.2 Å². The van der Waals surface area contributed by atoms with Gasteiger partial charge in [0.1, 0.15) is 23.5 Å². The Kier molecular flexibility index (Phi) is 4.65. The van der Waals surface area contributed by atoms with Crippen LogP contribution < -0.4 is 10.2 Å². The molecule has 0 spiro atoms. The van der Waals surface area contributed by atoms with Crippen LogP contribution in [0.5, 0.6) is 0 Å². The van der Waals surface area contributed by atoms with E-state index in [9.17, 15) is 20.2 Å². The summed E-state index contributed by atoms with van der Waals surface area (Å²) >= 11 is 1.34. The van der Waals surface area contributed by atoms with Gasteiger partial charge in [-0.25, -0.2) is 9.97 Å². The number of aryl methyl sites for hydroxylation is 1. The summed E-state index contributed by atoms with van der Waals surface area (Å²) in [6.07, 6.45) is 5.99. The van der Waals surface area contributed by atoms with E-state index in [2.05, 4.69) is 26.5 Å². The van der Waals surface area contributed by atoms with Crippen molar-refractivity contribution in [2.75, 3.05) is 16.8 Å². The molecule has 12 heteroatoms. The van der Waals surface area contributed by atoms with E-state index in [-0.39, 0.29) is 11.6 Å². The first-order valence-electron chi connectivity index (χ1n) is 8.52. The maximum atomic E-state index is 12.4. The number of nitriles is 1. The van der Waals surface area contributed by atoms with E-state index in [0.29, 0.717) is 41.6 Å². The van der Waals surface area contributed by atoms with E-state index in [1.165, 1.54) is 34.6 Å². The molecule has 29 heavy (non-hydrogen) atoms. The van der Waals surface area contributed by atoms with Gasteiger partial charge in [0.25, 0.3) is 5.91 Å². The Morgan fingerprint density at radius 2 is 2.14 bits per heavy atom. The van der Waals surface area contributed by atoms with Crippen LogP contribution >= 0.6 is 11.3 Å². The predicted octanol–water partition coefficient (Wildman–Crippen LogP) is 1.87. The number of nitrogens with zero attached hydrogens (tertiary/aromatic N) is 7. The standard InChI is InChI=1S/C17H14N8O3S/c1-23-8-10(5-21-23)15(26)22-16-13(4-18)12-2-3-24(9-14(12)29-16)17-19-6-11(7-20-17)25(27)28/h5-8H,2-3,9H2,1H3,(H,22,26). The largest absolute Gasteiger partial charge is 0.335 e. The molecule has 0 saturated heterocycles. The molecule has 146 valence electrons. The highest BCUT2D eigenvalue weighted by atomic mass is 32.1. The van der Waals surface area contributed by atoms with Gasteiger partial charge in [0.05, 0.1) is 28.8 Å². The van der Waals surface area contributed by atoms with Gasteiger partial charge in [0.15, 0.2) is 0 Å². The number of carbonyl (C=O) groups is 1. The highest BCUT2D eigenvalue weighted by molar-refractivity contribution is 7.16. The van der Waals surface area contributed by atoms with Crippen LogP contribution in [0.2, 0.25) is 0 Å². The molecule has 3 aromatic rings. The van der Waals surface area contributed by atoms with Crippen LogP contribution in [0.25, 0.3) is 0 Å². The van der Waals surface area contributed by atoms with Crippen molar-refractivity contribution in [1.29, 1.82) is 5.26 Å². The minimum absolute atomic E-state index is 0.172. The smallest absolute Gasteiger partial charge is 0.305 e. The molecule has 0 saturated carbocycles. The normalized spacial score (nSPS) is 12.9. The average molecular weight is 410 g/mol. The highest BCUT2D eigenvalue weighted by Gasteiger charge is 2.27. The van der Waals surface area contributed by atoms with Crippen molar-refractivity contribution in [1.82, 2.24) is 19.7 Å². The van der Waals surface area contributed by atoms with Crippen molar-refractivity contribution >= 4 is 33.9 Å². The highest BCUT2D eigenvalue weighted by Crippen LogP contribution is 2.37. The topological polar surface area (TPSA) is 143 Å². The Morgan fingerprint density at radius 3 is 2.76 bits per heavy atom. The minimum Gasteiger partial charge on any atom is -0.335 e. The van der Waals surface area contributed by atoms with E-state index in [4.69, 9.17) is 0 Å². The molecule has 0 bridgehead atoms. The van der Waals surface area contributed by atoms with Crippen molar-refractivity contribution in [2.24, 2.45) is 7.05 Å². The lowest BCUT2D eigenvalue weighted by molar-refractivity contribution is -0.385. The van der Waals surface area contributed by atoms with E-state index in [1.54, 1.807) is 13.2 Å². The number of hydrogen-bond donors (Lipinski definition) is 1. The number of nitrogens with one attached hydrogen (secondary N) is 1. The quantitative estimate of drug-likeness (QED) is 0.507. The van der Waals surface area contributed by atoms with Gasteiger partial charge in [-0.05, 0) is 12.0 Å². The van der Waals surface area contributed by atoms with Crippen molar-refractivity contribution in [2.45, 2.75) is 13.0 Å². The summed E-state index contributed by atoms with van der Waals surface area (Å²) in [7, 11) is 1.72. The van der Waals surface area contributed by atoms with Crippen LogP contribution in [0.15, 0.2) is 24.8 Å². The Hall–Kier alpha value is -3.85. The van der Waals surface area contributed by atoms with Crippen LogP contribution in [0, 0.1) is 21.4 Å². The molecule has 1 N–H and O–H groups in total. The molecule has 11 nitrogen and oxygen atoms in total. The average Bonchev–Trinajstić information content (AvgIpc) is 3.30. The van der Waals surface area contributed by atoms with E-state index in [0.717, 1.165) is 10.4 Å². The summed E-state index contributed by atoms with van der Waals surface area (Å²) in [6, 6.07) is 2.19. The van der Waals surface area contributed by atoms with Gasteiger partial charge in [-0.3, -0.25) is 19.6 Å². The number of nitro groups is 1. The van der Waals surface area contributed by atoms with E-state index < -0.39 is 4.92 Å². The molecule has 0 atom stereocenters. The van der Waals surface area contributed by atoms with Gasteiger partial charge in [-0.1, -0.05) is 0 Å². The number of fused-ring (bicyclic) bond motifs is 1. The van der Waals surface area contributed by atoms with Gasteiger partial charge in [0.2, 0.25) is 5.95 Å². The Balaban J connectivity index is 1.56. The third-order valence-electron chi connectivity index (χ3n) is 4.48. The van der Waals surface area contributed by atoms with Crippen LogP contribution in [-0.4, -0.2) is 37.1 Å². The zero-order chi connectivity index (χ0) is 20.5. The second-order valence-corrected chi connectivity index (χ2v) is 7.45. The lowest BCUT2D eigenvalue weighted by Gasteiger charge is -2.26. The minimum atomic E-state index is -0.548. The first kappa shape index (κ1) is 18.5. The number of anilines is 2. The lowest BCUT2D eigenvalue weighted by Crippen LogP contribution is -2.31. The first-order chi connectivity index (χ1) is 14.0. The molecule has 3 aromatic heterocycles. The summed E-state index contributed by atoms with van der Waals surface area (Å²) in [5.74, 6) is 0.0536. The third kappa shape index (κ3) is 3.50. The summed E-state index contributed by atoms with van der Waals surface area (Å²) in [6.45, 7) is 1.02. The molecular weight excluding hydrogens is 396 g/mol. The zero-order valence-electron chi connectivity index (χ0n) is 15.2. The molecule has 1 amide bonds. The van der Waals surface area contributed by atoms with E-state index in [1.807, 2.05) is 4.90 Å². The van der Waals surface area contributed by atoms with Crippen molar-refractivity contribution < 1.29 is 9.72 Å². The second kappa shape index (κ2) is 7.28. The van der Waals surface area contributed by atoms with Gasteiger partial charge >= 0.3 is 5.69 Å². The predicted molar refractivity (Wildman–Crippen MR) is 104 cm³/mol. The van der Waals surface area contributed by atoms with Crippen LogP contribution in [0.4, 0.5) is 16.6 Å². The Morgan fingerprint density at radius 1 is 1.38 bits per heavy atom. The van der Waals surface area contributed by atoms with Gasteiger partial charge in [0, 0.05) is 24.7 Å². The number of carbonyl (C=O) groups excluding carboxylic acids is 1. The second-order valence-electron chi connectivity index (χ2n) is 6.35. The first-order valence-corrected chi connectivity index (χ1v) is 9.34. The molecule has 1 aliphatic heterocycles. The van der Waals surface area contributed by atoms with Crippen LogP contribution in [-0.2, 0) is 20.0 Å². The summed E-state index contributed by atoms with van der Waals surface area (Å²) < 4.78 is 1.53. The molecule has 0 unspecified atom stereocenters. The maximum Gasteiger partial charge on any atom is 0.305 e. The number of thiophene rings is 1. The summed E-state index contributed by atoms with van der Waals surface area (Å²) in [4.78, 5) is 33.6. The number of aromatic nitrogens is 4. The fraction of sp³-hybridized carbons (Fsp3) is 0.235. The number of hydrogen-bond acceptors (Lipinski definition) is 9. The molecule has 0 aromatic carbocycles. The molecule has 1 aliphatic rings. The van der Waals surface area contributed by atoms with E-state index >= 15 is 0 Å². The number of rotatable bonds is 4. The van der Waals surface area contributed by atoms with Gasteiger partial charge in [-0.2, -0.15) is 10.4 Å². The number of amides is 1. The molecule has 4 heterocycles. The third-order valence-corrected chi connectivity index (χ3v) is 5.61. The summed E-state index contributed by atoms with van der Waals surface area (Å²) in [5, 5.41) is 27.6. The SMILES string of the molecule is Cn1cc(C(=O)Nc2sc3c(c2C#N)CCN(c2ncc([N+](=O)[O-])cn2)C3)cn1. The molecule has 0 aliphatic carbocycles. The molecular formula is C17H14N8O3S. The van der Waals surface area contributed by atoms with Crippen LogP contribution in [0.1, 0.15) is 26.4 Å². The lowest BCUT2D eigenvalue weighted by atomic mass is 10.0. The molecule has 4 rings (SSSR count). The van der Waals surface area contributed by atoms with Gasteiger partial charge in [-0.15, -0.1) is 11.3 Å². The van der Waals surface area contributed by atoms with Crippen molar-refractivity contribution in [3.8, 4) is 6.07 Å². The van der Waals surface area contributed by atoms with Crippen LogP contribution in [0.3, 0.4) is 0 Å². The Labute approximate surface area is 168 Å². The zero-order valence-corrected chi connectivity index (χ0v) is 16.0. The summed E-state index contributed by atoms with van der Waals surface area (Å²) in [5.41, 5.74) is 1.60. The fourth-order valence-electron chi connectivity index (χ4n) is 3.07. The monoisotopic (exact) mass is 410 g/mol. The Bertz CT molecular complexity index is 1140. The maximum absolute atomic E-state index is 12.4. The van der Waals surface area contributed by atoms with Crippen molar-refractivity contribution in [3.05, 3.63) is 56.5 Å².